The number of fused-ring (bicyclic) bond motifs is 1. The Morgan fingerprint density at radius 1 is 1.13 bits per heavy atom. The van der Waals surface area contributed by atoms with E-state index in [0.717, 1.165) is 27.8 Å². The summed E-state index contributed by atoms with van der Waals surface area (Å²) in [5, 5.41) is 4.12. The summed E-state index contributed by atoms with van der Waals surface area (Å²) in [5.41, 5.74) is 3.05. The Morgan fingerprint density at radius 2 is 1.84 bits per heavy atom. The molecule has 8 heteroatoms. The zero-order valence-electron chi connectivity index (χ0n) is 17.5. The van der Waals surface area contributed by atoms with Crippen molar-refractivity contribution in [2.75, 3.05) is 31.7 Å². The molecule has 2 heterocycles. The Bertz CT molecular complexity index is 1140. The van der Waals surface area contributed by atoms with Crippen molar-refractivity contribution in [2.45, 2.75) is 19.0 Å². The lowest BCUT2D eigenvalue weighted by atomic mass is 10.0. The third kappa shape index (κ3) is 5.08. The van der Waals surface area contributed by atoms with E-state index >= 15 is 0 Å². The van der Waals surface area contributed by atoms with Crippen LogP contribution in [0.15, 0.2) is 54.7 Å². The molecule has 0 bridgehead atoms. The van der Waals surface area contributed by atoms with E-state index in [1.54, 1.807) is 7.11 Å². The Labute approximate surface area is 182 Å². The van der Waals surface area contributed by atoms with Crippen LogP contribution in [0.5, 0.6) is 5.75 Å². The highest BCUT2D eigenvalue weighted by Crippen LogP contribution is 2.22. The number of benzene rings is 2. The number of amides is 1. The van der Waals surface area contributed by atoms with Crippen molar-refractivity contribution >= 4 is 26.6 Å². The molecule has 0 saturated carbocycles. The summed E-state index contributed by atoms with van der Waals surface area (Å²) in [4.78, 5) is 18.5. The Kier molecular flexibility index (Phi) is 6.29. The predicted molar refractivity (Wildman–Crippen MR) is 121 cm³/mol. The van der Waals surface area contributed by atoms with Gasteiger partial charge >= 0.3 is 0 Å². The normalized spacial score (nSPS) is 17.3. The summed E-state index contributed by atoms with van der Waals surface area (Å²) in [6.45, 7) is 1.13. The third-order valence-electron chi connectivity index (χ3n) is 5.84. The highest BCUT2D eigenvalue weighted by molar-refractivity contribution is 7.91. The molecule has 2 N–H and O–H groups in total. The van der Waals surface area contributed by atoms with Crippen molar-refractivity contribution in [1.82, 2.24) is 15.2 Å². The summed E-state index contributed by atoms with van der Waals surface area (Å²) in [7, 11) is -1.41. The van der Waals surface area contributed by atoms with Crippen LogP contribution in [0.25, 0.3) is 10.9 Å². The zero-order chi connectivity index (χ0) is 21.8. The zero-order valence-corrected chi connectivity index (χ0v) is 18.3. The minimum absolute atomic E-state index is 0.0865. The van der Waals surface area contributed by atoms with Gasteiger partial charge in [-0.15, -0.1) is 0 Å². The van der Waals surface area contributed by atoms with E-state index in [2.05, 4.69) is 10.3 Å². The molecule has 7 nitrogen and oxygen atoms in total. The molecule has 1 atom stereocenters. The number of H-pyrrole nitrogens is 1. The van der Waals surface area contributed by atoms with Gasteiger partial charge in [0.15, 0.2) is 9.84 Å². The molecule has 0 radical (unpaired) electrons. The van der Waals surface area contributed by atoms with E-state index in [0.29, 0.717) is 26.1 Å². The smallest absolute Gasteiger partial charge is 0.237 e. The largest absolute Gasteiger partial charge is 0.497 e. The van der Waals surface area contributed by atoms with E-state index < -0.39 is 15.9 Å². The van der Waals surface area contributed by atoms with E-state index in [9.17, 15) is 13.2 Å². The van der Waals surface area contributed by atoms with E-state index in [1.807, 2.05) is 59.6 Å². The van der Waals surface area contributed by atoms with Crippen LogP contribution >= 0.6 is 0 Å². The molecule has 2 aromatic carbocycles. The maximum absolute atomic E-state index is 13.2. The fourth-order valence-electron chi connectivity index (χ4n) is 3.99. The highest BCUT2D eigenvalue weighted by atomic mass is 32.2. The monoisotopic (exact) mass is 441 g/mol. The molecule has 0 aliphatic carbocycles. The number of nitrogens with one attached hydrogen (secondary N) is 2. The number of sulfone groups is 1. The Morgan fingerprint density at radius 3 is 2.55 bits per heavy atom. The number of aromatic amines is 1. The summed E-state index contributed by atoms with van der Waals surface area (Å²) in [6.07, 6.45) is 2.45. The summed E-state index contributed by atoms with van der Waals surface area (Å²) < 4.78 is 29.0. The SMILES string of the molecule is COc1ccc(CNC(=O)[C@@H](Cc2c[nH]c3ccccc23)N2CCS(=O)(=O)CC2)cc1. The number of para-hydroxylation sites is 1. The number of hydrogen-bond donors (Lipinski definition) is 2. The number of ether oxygens (including phenoxy) is 1. The number of carbonyl (C=O) groups excluding carboxylic acids is 1. The molecule has 1 aliphatic rings. The second-order valence-electron chi connectivity index (χ2n) is 7.83. The molecule has 1 aliphatic heterocycles. The Hall–Kier alpha value is -2.84. The number of nitrogens with zero attached hydrogens (tertiary/aromatic N) is 1. The van der Waals surface area contributed by atoms with Gasteiger partial charge in [0, 0.05) is 36.7 Å². The molecule has 0 unspecified atom stereocenters. The maximum Gasteiger partial charge on any atom is 0.237 e. The molecule has 164 valence electrons. The average molecular weight is 442 g/mol. The number of aromatic nitrogens is 1. The number of methoxy groups -OCH3 is 1. The van der Waals surface area contributed by atoms with Crippen molar-refractivity contribution < 1.29 is 17.9 Å². The van der Waals surface area contributed by atoms with Gasteiger partial charge in [-0.2, -0.15) is 0 Å². The molecule has 1 aromatic heterocycles. The van der Waals surface area contributed by atoms with Crippen molar-refractivity contribution in [2.24, 2.45) is 0 Å². The lowest BCUT2D eigenvalue weighted by Gasteiger charge is -2.33. The summed E-state index contributed by atoms with van der Waals surface area (Å²) >= 11 is 0. The van der Waals surface area contributed by atoms with Gasteiger partial charge in [0.2, 0.25) is 5.91 Å². The van der Waals surface area contributed by atoms with Gasteiger partial charge in [0.25, 0.3) is 0 Å². The molecular formula is C23H27N3O4S. The molecular weight excluding hydrogens is 414 g/mol. The van der Waals surface area contributed by atoms with Crippen LogP contribution in [-0.4, -0.2) is 62.0 Å². The third-order valence-corrected chi connectivity index (χ3v) is 7.45. The van der Waals surface area contributed by atoms with Gasteiger partial charge in [-0.3, -0.25) is 9.69 Å². The number of rotatable bonds is 7. The van der Waals surface area contributed by atoms with Crippen LogP contribution in [0.4, 0.5) is 0 Å². The van der Waals surface area contributed by atoms with Gasteiger partial charge in [-0.25, -0.2) is 8.42 Å². The first-order valence-corrected chi connectivity index (χ1v) is 12.2. The molecule has 0 spiro atoms. The molecule has 31 heavy (non-hydrogen) atoms. The molecule has 1 fully saturated rings. The lowest BCUT2D eigenvalue weighted by Crippen LogP contribution is -2.53. The predicted octanol–water partition coefficient (Wildman–Crippen LogP) is 2.13. The quantitative estimate of drug-likeness (QED) is 0.586. The maximum atomic E-state index is 13.2. The fourth-order valence-corrected chi connectivity index (χ4v) is 5.21. The van der Waals surface area contributed by atoms with Crippen LogP contribution in [0.3, 0.4) is 0 Å². The topological polar surface area (TPSA) is 91.5 Å². The van der Waals surface area contributed by atoms with E-state index in [1.165, 1.54) is 0 Å². The molecule has 1 saturated heterocycles. The van der Waals surface area contributed by atoms with Gasteiger partial charge in [0.05, 0.1) is 24.7 Å². The summed E-state index contributed by atoms with van der Waals surface area (Å²) in [6, 6.07) is 15.1. The fraction of sp³-hybridized carbons (Fsp3) is 0.348. The van der Waals surface area contributed by atoms with Crippen LogP contribution in [0.1, 0.15) is 11.1 Å². The van der Waals surface area contributed by atoms with Crippen LogP contribution in [0.2, 0.25) is 0 Å². The number of carbonyl (C=O) groups is 1. The van der Waals surface area contributed by atoms with E-state index in [4.69, 9.17) is 4.74 Å². The second kappa shape index (κ2) is 9.11. The molecule has 1 amide bonds. The van der Waals surface area contributed by atoms with Gasteiger partial charge < -0.3 is 15.0 Å². The minimum Gasteiger partial charge on any atom is -0.497 e. The van der Waals surface area contributed by atoms with Crippen molar-refractivity contribution in [3.63, 3.8) is 0 Å². The van der Waals surface area contributed by atoms with Crippen LogP contribution < -0.4 is 10.1 Å². The van der Waals surface area contributed by atoms with Crippen LogP contribution in [-0.2, 0) is 27.6 Å². The first-order chi connectivity index (χ1) is 14.9. The highest BCUT2D eigenvalue weighted by Gasteiger charge is 2.32. The molecule has 4 rings (SSSR count). The minimum atomic E-state index is -3.02. The Balaban J connectivity index is 1.51. The van der Waals surface area contributed by atoms with Crippen molar-refractivity contribution in [3.8, 4) is 5.75 Å². The van der Waals surface area contributed by atoms with Crippen molar-refractivity contribution in [1.29, 1.82) is 0 Å². The lowest BCUT2D eigenvalue weighted by molar-refractivity contribution is -0.126. The first-order valence-electron chi connectivity index (χ1n) is 10.4. The first kappa shape index (κ1) is 21.4. The number of hydrogen-bond acceptors (Lipinski definition) is 5. The van der Waals surface area contributed by atoms with Gasteiger partial charge in [0.1, 0.15) is 5.75 Å². The average Bonchev–Trinajstić information content (AvgIpc) is 3.19. The van der Waals surface area contributed by atoms with Gasteiger partial charge in [-0.05, 0) is 35.7 Å². The standard InChI is InChI=1S/C23H27N3O4S/c1-30-19-8-6-17(7-9-19)15-25-23(27)22(26-10-12-31(28,29)13-11-26)14-18-16-24-21-5-3-2-4-20(18)21/h2-9,16,22,24H,10-15H2,1H3,(H,25,27)/t22-/m1/s1. The van der Waals surface area contributed by atoms with Gasteiger partial charge in [-0.1, -0.05) is 30.3 Å². The second-order valence-corrected chi connectivity index (χ2v) is 10.1. The van der Waals surface area contributed by atoms with Crippen LogP contribution in [0, 0.1) is 0 Å². The van der Waals surface area contributed by atoms with Crippen molar-refractivity contribution in [3.05, 3.63) is 65.9 Å². The molecule has 3 aromatic rings. The summed E-state index contributed by atoms with van der Waals surface area (Å²) in [5.74, 6) is 0.842. The van der Waals surface area contributed by atoms with E-state index in [-0.39, 0.29) is 17.4 Å².